The molecule has 0 spiro atoms. The Morgan fingerprint density at radius 2 is 1.33 bits per heavy atom. The number of carbonyl (C=O) groups is 4. The molecule has 0 radical (unpaired) electrons. The van der Waals surface area contributed by atoms with Gasteiger partial charge in [0.05, 0.1) is 34.3 Å². The number of carbonyl (C=O) groups excluding carboxylic acids is 4. The van der Waals surface area contributed by atoms with E-state index in [9.17, 15) is 32.1 Å². The molecule has 12 nitrogen and oxygen atoms in total. The monoisotopic (exact) mass is 692 g/mol. The van der Waals surface area contributed by atoms with E-state index in [1.165, 1.54) is 24.3 Å². The lowest BCUT2D eigenvalue weighted by Gasteiger charge is -2.28. The molecule has 1 saturated carbocycles. The first-order valence-corrected chi connectivity index (χ1v) is 16.9. The number of Topliss-reactive ketones (excluding diaryl/α,β-unsaturated/α-hetero) is 1. The minimum Gasteiger partial charge on any atom is -0.744 e. The molecule has 13 heteroatoms. The van der Waals surface area contributed by atoms with Gasteiger partial charge < -0.3 is 28.2 Å². The molecule has 48 heavy (non-hydrogen) atoms. The van der Waals surface area contributed by atoms with E-state index in [0.29, 0.717) is 19.3 Å². The average Bonchev–Trinajstić information content (AvgIpc) is 3.04. The second kappa shape index (κ2) is 20.7. The maximum Gasteiger partial charge on any atom is 0.346 e. The zero-order valence-corrected chi connectivity index (χ0v) is 29.6. The summed E-state index contributed by atoms with van der Waals surface area (Å²) in [5, 5.41) is 0. The molecule has 3 rings (SSSR count). The molecule has 0 saturated heterocycles. The predicted octanol–water partition coefficient (Wildman–Crippen LogP) is 5.89. The number of methoxy groups -OCH3 is 1. The highest BCUT2D eigenvalue weighted by Crippen LogP contribution is 2.30. The number of ketones is 1. The molecule has 0 aromatic heterocycles. The zero-order chi connectivity index (χ0) is 35.1. The van der Waals surface area contributed by atoms with Gasteiger partial charge in [-0.15, -0.1) is 0 Å². The first-order chi connectivity index (χ1) is 22.2. The number of rotatable bonds is 14. The van der Waals surface area contributed by atoms with Gasteiger partial charge in [0.1, 0.15) is 16.9 Å². The molecule has 1 aliphatic carbocycles. The van der Waals surface area contributed by atoms with Crippen LogP contribution in [0.3, 0.4) is 0 Å². The van der Waals surface area contributed by atoms with Crippen molar-refractivity contribution in [3.05, 3.63) is 72.1 Å². The zero-order valence-electron chi connectivity index (χ0n) is 28.8. The van der Waals surface area contributed by atoms with E-state index in [-0.39, 0.29) is 54.4 Å². The summed E-state index contributed by atoms with van der Waals surface area (Å²) < 4.78 is 60.5. The molecule has 2 aromatic carbocycles. The summed E-state index contributed by atoms with van der Waals surface area (Å²) in [6, 6.07) is 8.17. The molecule has 0 aliphatic heterocycles. The van der Waals surface area contributed by atoms with E-state index in [2.05, 4.69) is 4.74 Å². The van der Waals surface area contributed by atoms with Crippen molar-refractivity contribution in [3.63, 3.8) is 0 Å². The lowest BCUT2D eigenvalue weighted by Crippen LogP contribution is -2.24. The van der Waals surface area contributed by atoms with Crippen LogP contribution in [0.15, 0.2) is 47.4 Å². The van der Waals surface area contributed by atoms with Crippen LogP contribution < -0.4 is 0 Å². The minimum absolute atomic E-state index is 0. The number of benzene rings is 2. The summed E-state index contributed by atoms with van der Waals surface area (Å²) in [5.41, 5.74) is -0.668. The van der Waals surface area contributed by atoms with E-state index in [1.54, 1.807) is 21.0 Å². The Kier molecular flexibility index (Phi) is 18.3. The number of hydrogen-bond donors (Lipinski definition) is 0. The second-order valence-corrected chi connectivity index (χ2v) is 13.1. The van der Waals surface area contributed by atoms with Crippen LogP contribution in [-0.2, 0) is 33.8 Å². The average molecular weight is 693 g/mol. The molecule has 266 valence electrons. The Morgan fingerprint density at radius 3 is 1.83 bits per heavy atom. The highest BCUT2D eigenvalue weighted by atomic mass is 32.2. The minimum atomic E-state index is -5.07. The fourth-order valence-corrected chi connectivity index (χ4v) is 5.19. The third kappa shape index (κ3) is 14.2. The Hall–Kier alpha value is -3.62. The fourth-order valence-electron chi connectivity index (χ4n) is 4.65. The Bertz CT molecular complexity index is 1450. The molecular weight excluding hydrogens is 644 g/mol. The van der Waals surface area contributed by atoms with Crippen molar-refractivity contribution in [2.24, 2.45) is 17.8 Å². The number of ether oxygens (including phenoxy) is 5. The van der Waals surface area contributed by atoms with Crippen LogP contribution in [0.1, 0.15) is 102 Å². The van der Waals surface area contributed by atoms with Crippen molar-refractivity contribution in [2.45, 2.75) is 71.3 Å². The van der Waals surface area contributed by atoms with E-state index in [0.717, 1.165) is 50.5 Å². The first-order valence-electron chi connectivity index (χ1n) is 15.5. The summed E-state index contributed by atoms with van der Waals surface area (Å²) in [7, 11) is -3.47. The quantitative estimate of drug-likeness (QED) is 0.0438. The molecular formula is C35H48O12S. The number of hydrogen-bond acceptors (Lipinski definition) is 12. The molecule has 0 unspecified atom stereocenters. The lowest BCUT2D eigenvalue weighted by molar-refractivity contribution is -0.0250. The van der Waals surface area contributed by atoms with Crippen molar-refractivity contribution >= 4 is 33.8 Å². The van der Waals surface area contributed by atoms with Gasteiger partial charge in [-0.2, -0.15) is 0 Å². The molecule has 0 bridgehead atoms. The van der Waals surface area contributed by atoms with E-state index in [4.69, 9.17) is 18.9 Å². The summed E-state index contributed by atoms with van der Waals surface area (Å²) in [5.74, 6) is -3.27. The Balaban J connectivity index is 0.00000150. The molecule has 0 N–H and O–H groups in total. The van der Waals surface area contributed by atoms with Crippen LogP contribution >= 0.6 is 0 Å². The summed E-state index contributed by atoms with van der Waals surface area (Å²) in [6.07, 6.45) is 3.68. The van der Waals surface area contributed by atoms with Gasteiger partial charge in [-0.05, 0) is 88.6 Å². The van der Waals surface area contributed by atoms with Crippen LogP contribution in [0.5, 0.6) is 0 Å². The second-order valence-electron chi connectivity index (χ2n) is 11.7. The van der Waals surface area contributed by atoms with Gasteiger partial charge in [-0.25, -0.2) is 22.8 Å². The van der Waals surface area contributed by atoms with Crippen molar-refractivity contribution in [3.8, 4) is 0 Å². The van der Waals surface area contributed by atoms with Gasteiger partial charge in [-0.3, -0.25) is 4.79 Å². The smallest absolute Gasteiger partial charge is 0.346 e. The summed E-state index contributed by atoms with van der Waals surface area (Å²) in [6.45, 7) is 11.2. The summed E-state index contributed by atoms with van der Waals surface area (Å²) in [4.78, 5) is 49.6. The van der Waals surface area contributed by atoms with Crippen molar-refractivity contribution in [2.75, 3.05) is 33.7 Å². The van der Waals surface area contributed by atoms with Crippen molar-refractivity contribution < 1.29 is 55.8 Å². The van der Waals surface area contributed by atoms with Crippen LogP contribution in [0.4, 0.5) is 0 Å². The van der Waals surface area contributed by atoms with Gasteiger partial charge >= 0.3 is 17.9 Å². The van der Waals surface area contributed by atoms with E-state index < -0.39 is 38.5 Å². The largest absolute Gasteiger partial charge is 0.744 e. The maximum absolute atomic E-state index is 12.8. The maximum atomic E-state index is 12.8. The van der Waals surface area contributed by atoms with Gasteiger partial charge in [0.15, 0.2) is 5.78 Å². The Morgan fingerprint density at radius 1 is 0.812 bits per heavy atom. The third-order valence-corrected chi connectivity index (χ3v) is 8.06. The van der Waals surface area contributed by atoms with E-state index in [1.807, 2.05) is 20.8 Å². The normalized spacial score (nSPS) is 15.9. The lowest BCUT2D eigenvalue weighted by atomic mass is 9.83. The third-order valence-electron chi connectivity index (χ3n) is 7.25. The van der Waals surface area contributed by atoms with Gasteiger partial charge in [-0.1, -0.05) is 26.0 Å². The fraction of sp³-hybridized carbons (Fsp3) is 0.514. The molecule has 1 fully saturated rings. The van der Waals surface area contributed by atoms with Gasteiger partial charge in [0.25, 0.3) is 0 Å². The van der Waals surface area contributed by atoms with Crippen molar-refractivity contribution in [1.29, 1.82) is 0 Å². The molecule has 0 heterocycles. The van der Waals surface area contributed by atoms with Crippen LogP contribution in [0.2, 0.25) is 0 Å². The highest BCUT2D eigenvalue weighted by Gasteiger charge is 2.25. The van der Waals surface area contributed by atoms with E-state index >= 15 is 0 Å². The predicted molar refractivity (Wildman–Crippen MR) is 176 cm³/mol. The molecule has 0 amide bonds. The number of esters is 3. The molecule has 1 aliphatic rings. The first kappa shape index (κ1) is 42.4. The SMILES string of the molecule is CC(C)OCC1CCC(COC(=O)c2cc(C(=O)OC(=O)c3cccc(C(=O)C(C)C)c3)cc(S(=O)(=O)[O-])c2)CC1.CCOCOC.[CH3+]. The molecule has 0 atom stereocenters. The van der Waals surface area contributed by atoms with Crippen LogP contribution in [-0.4, -0.2) is 76.5 Å². The van der Waals surface area contributed by atoms with Crippen LogP contribution in [0.25, 0.3) is 0 Å². The highest BCUT2D eigenvalue weighted by molar-refractivity contribution is 7.85. The summed E-state index contributed by atoms with van der Waals surface area (Å²) >= 11 is 0. The standard InChI is InChI=1S/C30H36O10S.C4H10O2.CH3/c1-18(2)27(31)22-6-5-7-23(12-22)29(33)40-30(34)25-13-24(14-26(15-25)41(35,36)37)28(32)39-17-21-10-8-20(9-11-21)16-38-19(3)4;1-3-6-4-5-2;/h5-7,12-15,18-21H,8-11,16-17H2,1-4H3,(H,35,36,37);3-4H2,1-2H3;1H3/q;;+1/p-1. The molecule has 2 aromatic rings. The van der Waals surface area contributed by atoms with Crippen molar-refractivity contribution in [1.82, 2.24) is 0 Å². The van der Waals surface area contributed by atoms with Gasteiger partial charge in [0, 0.05) is 39.2 Å². The van der Waals surface area contributed by atoms with Crippen LogP contribution in [0, 0.1) is 25.2 Å². The topological polar surface area (TPSA) is 172 Å². The Labute approximate surface area is 284 Å². The van der Waals surface area contributed by atoms with Gasteiger partial charge in [0.2, 0.25) is 0 Å².